The predicted octanol–water partition coefficient (Wildman–Crippen LogP) is 3.12. The predicted molar refractivity (Wildman–Crippen MR) is 71.0 cm³/mol. The van der Waals surface area contributed by atoms with E-state index in [9.17, 15) is 0 Å². The summed E-state index contributed by atoms with van der Waals surface area (Å²) in [6.07, 6.45) is 10.2. The zero-order valence-corrected chi connectivity index (χ0v) is 10.5. The minimum atomic E-state index is 0.590. The normalized spacial score (nSPS) is 14.3. The summed E-state index contributed by atoms with van der Waals surface area (Å²) in [5, 5.41) is 8.97. The Morgan fingerprint density at radius 2 is 2.29 bits per heavy atom. The maximum Gasteiger partial charge on any atom is 0.102 e. The van der Waals surface area contributed by atoms with Gasteiger partial charge in [-0.1, -0.05) is 5.92 Å². The zero-order valence-electron chi connectivity index (χ0n) is 9.65. The summed E-state index contributed by atoms with van der Waals surface area (Å²) in [5.41, 5.74) is 5.17. The lowest BCUT2D eigenvalue weighted by molar-refractivity contribution is 0.607. The SMILES string of the molecule is C#CCn1nc(-c2ccsc2)c2c1CCCC2. The first-order valence-corrected chi connectivity index (χ1v) is 6.89. The van der Waals surface area contributed by atoms with Crippen LogP contribution in [0.25, 0.3) is 11.3 Å². The van der Waals surface area contributed by atoms with Crippen LogP contribution in [0.3, 0.4) is 0 Å². The molecule has 0 N–H and O–H groups in total. The Labute approximate surface area is 105 Å². The van der Waals surface area contributed by atoms with Crippen LogP contribution >= 0.6 is 11.3 Å². The van der Waals surface area contributed by atoms with E-state index in [0.717, 1.165) is 18.5 Å². The van der Waals surface area contributed by atoms with Crippen LogP contribution in [0, 0.1) is 12.3 Å². The molecule has 0 atom stereocenters. The highest BCUT2D eigenvalue weighted by molar-refractivity contribution is 7.08. The van der Waals surface area contributed by atoms with E-state index < -0.39 is 0 Å². The third-order valence-electron chi connectivity index (χ3n) is 3.29. The van der Waals surface area contributed by atoms with Gasteiger partial charge in [0.05, 0.1) is 5.69 Å². The van der Waals surface area contributed by atoms with Crippen LogP contribution in [0.2, 0.25) is 0 Å². The van der Waals surface area contributed by atoms with Crippen LogP contribution in [0.15, 0.2) is 16.8 Å². The fourth-order valence-corrected chi connectivity index (χ4v) is 3.16. The molecule has 0 unspecified atom stereocenters. The van der Waals surface area contributed by atoms with E-state index >= 15 is 0 Å². The average molecular weight is 242 g/mol. The molecule has 3 rings (SSSR count). The van der Waals surface area contributed by atoms with Crippen molar-refractivity contribution in [3.05, 3.63) is 28.1 Å². The molecule has 0 fully saturated rings. The van der Waals surface area contributed by atoms with Crippen molar-refractivity contribution in [1.82, 2.24) is 9.78 Å². The van der Waals surface area contributed by atoms with Crippen molar-refractivity contribution in [2.45, 2.75) is 32.2 Å². The van der Waals surface area contributed by atoms with Gasteiger partial charge in [-0.25, -0.2) is 0 Å². The minimum absolute atomic E-state index is 0.590. The van der Waals surface area contributed by atoms with Crippen LogP contribution in [0.1, 0.15) is 24.1 Å². The van der Waals surface area contributed by atoms with Gasteiger partial charge in [0, 0.05) is 22.2 Å². The molecule has 2 aromatic rings. The maximum absolute atomic E-state index is 5.41. The van der Waals surface area contributed by atoms with Crippen LogP contribution in [-0.2, 0) is 19.4 Å². The number of thiophene rings is 1. The van der Waals surface area contributed by atoms with Gasteiger partial charge in [-0.2, -0.15) is 16.4 Å². The molecule has 0 saturated heterocycles. The Hall–Kier alpha value is -1.53. The fraction of sp³-hybridized carbons (Fsp3) is 0.357. The third-order valence-corrected chi connectivity index (χ3v) is 3.98. The molecule has 1 aliphatic rings. The lowest BCUT2D eigenvalue weighted by Crippen LogP contribution is -2.08. The van der Waals surface area contributed by atoms with E-state index in [4.69, 9.17) is 11.5 Å². The third kappa shape index (κ3) is 1.79. The highest BCUT2D eigenvalue weighted by Crippen LogP contribution is 2.32. The number of aromatic nitrogens is 2. The van der Waals surface area contributed by atoms with Crippen molar-refractivity contribution < 1.29 is 0 Å². The topological polar surface area (TPSA) is 17.8 Å². The molecule has 0 bridgehead atoms. The molecule has 3 heteroatoms. The zero-order chi connectivity index (χ0) is 11.7. The molecule has 0 aliphatic heterocycles. The lowest BCUT2D eigenvalue weighted by atomic mass is 9.94. The Morgan fingerprint density at radius 1 is 1.41 bits per heavy atom. The quantitative estimate of drug-likeness (QED) is 0.740. The number of fused-ring (bicyclic) bond motifs is 1. The van der Waals surface area contributed by atoms with Crippen molar-refractivity contribution >= 4 is 11.3 Å². The number of hydrogen-bond donors (Lipinski definition) is 0. The lowest BCUT2D eigenvalue weighted by Gasteiger charge is -2.12. The Balaban J connectivity index is 2.13. The van der Waals surface area contributed by atoms with Crippen LogP contribution < -0.4 is 0 Å². The first kappa shape index (κ1) is 10.6. The highest BCUT2D eigenvalue weighted by Gasteiger charge is 2.21. The molecule has 2 nitrogen and oxygen atoms in total. The standard InChI is InChI=1S/C14H14N2S/c1-2-8-16-13-6-4-3-5-12(13)14(15-16)11-7-9-17-10-11/h1,7,9-10H,3-6,8H2. The van der Waals surface area contributed by atoms with Gasteiger partial charge >= 0.3 is 0 Å². The van der Waals surface area contributed by atoms with Crippen LogP contribution in [-0.4, -0.2) is 9.78 Å². The molecule has 2 heterocycles. The molecule has 0 aromatic carbocycles. The first-order chi connectivity index (χ1) is 8.40. The van der Waals surface area contributed by atoms with Crippen molar-refractivity contribution in [3.63, 3.8) is 0 Å². The van der Waals surface area contributed by atoms with Crippen LogP contribution in [0.5, 0.6) is 0 Å². The molecule has 1 aliphatic carbocycles. The number of rotatable bonds is 2. The fourth-order valence-electron chi connectivity index (χ4n) is 2.52. The summed E-state index contributed by atoms with van der Waals surface area (Å²) in [7, 11) is 0. The summed E-state index contributed by atoms with van der Waals surface area (Å²) in [6.45, 7) is 0.590. The smallest absolute Gasteiger partial charge is 0.102 e. The van der Waals surface area contributed by atoms with Crippen molar-refractivity contribution in [2.24, 2.45) is 0 Å². The second-order valence-corrected chi connectivity index (χ2v) is 5.13. The van der Waals surface area contributed by atoms with E-state index in [-0.39, 0.29) is 0 Å². The number of hydrogen-bond acceptors (Lipinski definition) is 2. The molecule has 86 valence electrons. The highest BCUT2D eigenvalue weighted by atomic mass is 32.1. The van der Waals surface area contributed by atoms with Gasteiger partial charge in [-0.3, -0.25) is 4.68 Å². The maximum atomic E-state index is 5.41. The van der Waals surface area contributed by atoms with E-state index in [1.165, 1.54) is 29.7 Å². The van der Waals surface area contributed by atoms with Gasteiger partial charge in [0.1, 0.15) is 6.54 Å². The van der Waals surface area contributed by atoms with Crippen molar-refractivity contribution in [1.29, 1.82) is 0 Å². The van der Waals surface area contributed by atoms with Crippen molar-refractivity contribution in [3.8, 4) is 23.6 Å². The minimum Gasteiger partial charge on any atom is -0.257 e. The molecule has 0 amide bonds. The molecule has 0 spiro atoms. The molecular formula is C14H14N2S. The van der Waals surface area contributed by atoms with Gasteiger partial charge in [-0.05, 0) is 37.1 Å². The van der Waals surface area contributed by atoms with E-state index in [1.54, 1.807) is 11.3 Å². The molecule has 17 heavy (non-hydrogen) atoms. The van der Waals surface area contributed by atoms with Crippen molar-refractivity contribution in [2.75, 3.05) is 0 Å². The Morgan fingerprint density at radius 3 is 3.06 bits per heavy atom. The second-order valence-electron chi connectivity index (χ2n) is 4.35. The van der Waals surface area contributed by atoms with Gasteiger partial charge in [0.15, 0.2) is 0 Å². The summed E-state index contributed by atoms with van der Waals surface area (Å²) in [5.74, 6) is 2.70. The number of terminal acetylenes is 1. The van der Waals surface area contributed by atoms with Gasteiger partial charge in [-0.15, -0.1) is 6.42 Å². The average Bonchev–Trinajstić information content (AvgIpc) is 2.97. The Bertz CT molecular complexity index is 558. The summed E-state index contributed by atoms with van der Waals surface area (Å²) >= 11 is 1.72. The van der Waals surface area contributed by atoms with Crippen LogP contribution in [0.4, 0.5) is 0 Å². The second kappa shape index (κ2) is 4.38. The number of nitrogens with zero attached hydrogens (tertiary/aromatic N) is 2. The van der Waals surface area contributed by atoms with Gasteiger partial charge in [0.25, 0.3) is 0 Å². The van der Waals surface area contributed by atoms with Gasteiger partial charge < -0.3 is 0 Å². The monoisotopic (exact) mass is 242 g/mol. The van der Waals surface area contributed by atoms with E-state index in [2.05, 4.69) is 22.7 Å². The summed E-state index contributed by atoms with van der Waals surface area (Å²) < 4.78 is 2.02. The molecule has 0 radical (unpaired) electrons. The Kier molecular flexibility index (Phi) is 2.74. The van der Waals surface area contributed by atoms with E-state index in [1.807, 2.05) is 4.68 Å². The summed E-state index contributed by atoms with van der Waals surface area (Å²) in [4.78, 5) is 0. The first-order valence-electron chi connectivity index (χ1n) is 5.94. The summed E-state index contributed by atoms with van der Waals surface area (Å²) in [6, 6.07) is 2.14. The van der Waals surface area contributed by atoms with Gasteiger partial charge in [0.2, 0.25) is 0 Å². The largest absolute Gasteiger partial charge is 0.257 e. The van der Waals surface area contributed by atoms with E-state index in [0.29, 0.717) is 6.54 Å². The molecule has 2 aromatic heterocycles. The molecule has 0 saturated carbocycles. The molecular weight excluding hydrogens is 228 g/mol.